The summed E-state index contributed by atoms with van der Waals surface area (Å²) in [5, 5.41) is 7.14. The predicted octanol–water partition coefficient (Wildman–Crippen LogP) is 4.33. The summed E-state index contributed by atoms with van der Waals surface area (Å²) in [4.78, 5) is 24.2. The number of nitrogens with zero attached hydrogens (tertiary/aromatic N) is 3. The molecule has 0 unspecified atom stereocenters. The zero-order valence-electron chi connectivity index (χ0n) is 15.8. The lowest BCUT2D eigenvalue weighted by molar-refractivity contribution is 0.103. The molecule has 0 aliphatic carbocycles. The molecule has 1 aliphatic rings. The Balaban J connectivity index is 1.45. The number of aryl methyl sites for hydroxylation is 1. The number of nitrogens with one attached hydrogen (secondary N) is 2. The Kier molecular flexibility index (Phi) is 5.94. The molecular formula is C20H20ClN5O2S. The van der Waals surface area contributed by atoms with E-state index in [1.54, 1.807) is 12.3 Å². The van der Waals surface area contributed by atoms with Gasteiger partial charge in [0.15, 0.2) is 5.13 Å². The van der Waals surface area contributed by atoms with Crippen molar-refractivity contribution in [2.75, 3.05) is 41.8 Å². The fraction of sp³-hybridized carbons (Fsp3) is 0.250. The van der Waals surface area contributed by atoms with E-state index < -0.39 is 0 Å². The molecule has 1 amide bonds. The number of para-hydroxylation sites is 1. The SMILES string of the molecule is Cc1cccc(Cl)c1NC(=O)c1cnc(Nc2cccc(N3CCOCC3)n2)s1. The largest absolute Gasteiger partial charge is 0.378 e. The molecule has 2 N–H and O–H groups in total. The fourth-order valence-electron chi connectivity index (χ4n) is 2.97. The molecule has 3 aromatic rings. The number of pyridine rings is 1. The molecule has 1 aliphatic heterocycles. The van der Waals surface area contributed by atoms with Crippen LogP contribution in [-0.2, 0) is 4.74 Å². The monoisotopic (exact) mass is 429 g/mol. The molecular weight excluding hydrogens is 410 g/mol. The number of thiazole rings is 1. The van der Waals surface area contributed by atoms with Crippen LogP contribution in [0.2, 0.25) is 5.02 Å². The maximum atomic E-state index is 12.6. The number of anilines is 4. The number of carbonyl (C=O) groups is 1. The Morgan fingerprint density at radius 1 is 1.21 bits per heavy atom. The highest BCUT2D eigenvalue weighted by Gasteiger charge is 2.15. The number of benzene rings is 1. The molecule has 0 atom stereocenters. The van der Waals surface area contributed by atoms with E-state index in [1.807, 2.05) is 37.3 Å². The molecule has 4 rings (SSSR count). The Hall–Kier alpha value is -2.68. The molecule has 7 nitrogen and oxygen atoms in total. The van der Waals surface area contributed by atoms with Crippen molar-refractivity contribution in [2.24, 2.45) is 0 Å². The highest BCUT2D eigenvalue weighted by Crippen LogP contribution is 2.28. The summed E-state index contributed by atoms with van der Waals surface area (Å²) in [7, 11) is 0. The van der Waals surface area contributed by atoms with Gasteiger partial charge in [-0.2, -0.15) is 0 Å². The first-order valence-electron chi connectivity index (χ1n) is 9.19. The van der Waals surface area contributed by atoms with Crippen LogP contribution in [0.4, 0.5) is 22.5 Å². The lowest BCUT2D eigenvalue weighted by Gasteiger charge is -2.27. The summed E-state index contributed by atoms with van der Waals surface area (Å²) in [6.07, 6.45) is 1.54. The van der Waals surface area contributed by atoms with Crippen molar-refractivity contribution in [1.82, 2.24) is 9.97 Å². The van der Waals surface area contributed by atoms with Gasteiger partial charge >= 0.3 is 0 Å². The smallest absolute Gasteiger partial charge is 0.267 e. The first-order valence-corrected chi connectivity index (χ1v) is 10.4. The molecule has 0 radical (unpaired) electrons. The van der Waals surface area contributed by atoms with E-state index in [0.29, 0.717) is 39.8 Å². The number of rotatable bonds is 5. The molecule has 0 saturated carbocycles. The summed E-state index contributed by atoms with van der Waals surface area (Å²) >= 11 is 7.45. The summed E-state index contributed by atoms with van der Waals surface area (Å²) in [6.45, 7) is 4.94. The zero-order chi connectivity index (χ0) is 20.2. The minimum Gasteiger partial charge on any atom is -0.378 e. The number of ether oxygens (including phenoxy) is 1. The van der Waals surface area contributed by atoms with Gasteiger partial charge in [-0.25, -0.2) is 9.97 Å². The van der Waals surface area contributed by atoms with Gasteiger partial charge in [0.25, 0.3) is 5.91 Å². The average molecular weight is 430 g/mol. The maximum Gasteiger partial charge on any atom is 0.267 e. The minimum absolute atomic E-state index is 0.248. The van der Waals surface area contributed by atoms with Crippen molar-refractivity contribution in [2.45, 2.75) is 6.92 Å². The van der Waals surface area contributed by atoms with Crippen molar-refractivity contribution < 1.29 is 9.53 Å². The molecule has 1 fully saturated rings. The van der Waals surface area contributed by atoms with E-state index in [1.165, 1.54) is 11.3 Å². The van der Waals surface area contributed by atoms with E-state index >= 15 is 0 Å². The number of amides is 1. The molecule has 29 heavy (non-hydrogen) atoms. The third-order valence-electron chi connectivity index (χ3n) is 4.49. The van der Waals surface area contributed by atoms with E-state index in [4.69, 9.17) is 16.3 Å². The van der Waals surface area contributed by atoms with Crippen LogP contribution in [0.15, 0.2) is 42.6 Å². The van der Waals surface area contributed by atoms with E-state index in [-0.39, 0.29) is 5.91 Å². The summed E-state index contributed by atoms with van der Waals surface area (Å²) in [6, 6.07) is 11.3. The summed E-state index contributed by atoms with van der Waals surface area (Å²) in [5.41, 5.74) is 1.51. The second kappa shape index (κ2) is 8.77. The Labute approximate surface area is 177 Å². The van der Waals surface area contributed by atoms with Crippen molar-refractivity contribution in [3.05, 3.63) is 58.1 Å². The van der Waals surface area contributed by atoms with Crippen LogP contribution in [0.3, 0.4) is 0 Å². The van der Waals surface area contributed by atoms with Crippen LogP contribution in [0.1, 0.15) is 15.2 Å². The van der Waals surface area contributed by atoms with Gasteiger partial charge in [0, 0.05) is 13.1 Å². The van der Waals surface area contributed by atoms with Crippen molar-refractivity contribution in [3.8, 4) is 0 Å². The van der Waals surface area contributed by atoms with Crippen LogP contribution >= 0.6 is 22.9 Å². The molecule has 150 valence electrons. The normalized spacial score (nSPS) is 13.9. The summed E-state index contributed by atoms with van der Waals surface area (Å²) < 4.78 is 5.39. The number of aromatic nitrogens is 2. The molecule has 1 aromatic carbocycles. The van der Waals surface area contributed by atoms with Crippen molar-refractivity contribution in [1.29, 1.82) is 0 Å². The lowest BCUT2D eigenvalue weighted by Crippen LogP contribution is -2.36. The van der Waals surface area contributed by atoms with Gasteiger partial charge < -0.3 is 20.3 Å². The van der Waals surface area contributed by atoms with Gasteiger partial charge in [0.05, 0.1) is 30.1 Å². The van der Waals surface area contributed by atoms with Crippen LogP contribution in [0, 0.1) is 6.92 Å². The topological polar surface area (TPSA) is 79.4 Å². The van der Waals surface area contributed by atoms with E-state index in [0.717, 1.165) is 24.5 Å². The predicted molar refractivity (Wildman–Crippen MR) is 117 cm³/mol. The number of hydrogen-bond acceptors (Lipinski definition) is 7. The molecule has 3 heterocycles. The molecule has 0 bridgehead atoms. The average Bonchev–Trinajstić information content (AvgIpc) is 3.20. The van der Waals surface area contributed by atoms with Crippen molar-refractivity contribution in [3.63, 3.8) is 0 Å². The highest BCUT2D eigenvalue weighted by atomic mass is 35.5. The lowest BCUT2D eigenvalue weighted by atomic mass is 10.2. The molecule has 1 saturated heterocycles. The van der Waals surface area contributed by atoms with Crippen molar-refractivity contribution >= 4 is 51.3 Å². The third-order valence-corrected chi connectivity index (χ3v) is 5.72. The fourth-order valence-corrected chi connectivity index (χ4v) is 3.96. The van der Waals surface area contributed by atoms with Gasteiger partial charge in [-0.05, 0) is 30.7 Å². The Morgan fingerprint density at radius 2 is 2.00 bits per heavy atom. The van der Waals surface area contributed by atoms with Crippen LogP contribution in [0.5, 0.6) is 0 Å². The third kappa shape index (κ3) is 4.67. The first-order chi connectivity index (χ1) is 14.1. The van der Waals surface area contributed by atoms with Gasteiger partial charge in [-0.3, -0.25) is 4.79 Å². The molecule has 9 heteroatoms. The number of carbonyl (C=O) groups excluding carboxylic acids is 1. The second-order valence-corrected chi connectivity index (χ2v) is 7.96. The van der Waals surface area contributed by atoms with Crippen LogP contribution in [-0.4, -0.2) is 42.2 Å². The number of morpholine rings is 1. The zero-order valence-corrected chi connectivity index (χ0v) is 17.4. The molecule has 0 spiro atoms. The van der Waals surface area contributed by atoms with Gasteiger partial charge in [0.2, 0.25) is 0 Å². The number of halogens is 1. The van der Waals surface area contributed by atoms with E-state index in [2.05, 4.69) is 25.5 Å². The van der Waals surface area contributed by atoms with Crippen LogP contribution < -0.4 is 15.5 Å². The Bertz CT molecular complexity index is 999. The second-order valence-electron chi connectivity index (χ2n) is 6.52. The van der Waals surface area contributed by atoms with Crippen LogP contribution in [0.25, 0.3) is 0 Å². The standard InChI is InChI=1S/C20H20ClN5O2S/c1-13-4-2-5-14(21)18(13)25-19(27)15-12-22-20(29-15)24-16-6-3-7-17(23-16)26-8-10-28-11-9-26/h2-7,12H,8-11H2,1H3,(H,25,27)(H,22,23,24). The Morgan fingerprint density at radius 3 is 2.79 bits per heavy atom. The van der Waals surface area contributed by atoms with Gasteiger partial charge in [-0.1, -0.05) is 41.1 Å². The quantitative estimate of drug-likeness (QED) is 0.628. The minimum atomic E-state index is -0.248. The number of hydrogen-bond donors (Lipinski definition) is 2. The highest BCUT2D eigenvalue weighted by molar-refractivity contribution is 7.17. The van der Waals surface area contributed by atoms with E-state index in [9.17, 15) is 4.79 Å². The first kappa shape index (κ1) is 19.6. The summed E-state index contributed by atoms with van der Waals surface area (Å²) in [5.74, 6) is 1.32. The van der Waals surface area contributed by atoms with Gasteiger partial charge in [0.1, 0.15) is 16.5 Å². The maximum absolute atomic E-state index is 12.6. The molecule has 2 aromatic heterocycles. The van der Waals surface area contributed by atoms with Gasteiger partial charge in [-0.15, -0.1) is 0 Å².